The predicted octanol–water partition coefficient (Wildman–Crippen LogP) is 0.614. The number of hydrogen-bond donors (Lipinski definition) is 0. The highest BCUT2D eigenvalue weighted by atomic mass is 35.5. The number of carbonyl (C=O) groups is 2. The maximum Gasteiger partial charge on any atom is 0.245 e. The molecule has 2 heterocycles. The lowest BCUT2D eigenvalue weighted by molar-refractivity contribution is -0.158. The molecule has 1 fully saturated rings. The van der Waals surface area contributed by atoms with E-state index in [-0.39, 0.29) is 11.8 Å². The van der Waals surface area contributed by atoms with Gasteiger partial charge in [-0.2, -0.15) is 5.10 Å². The van der Waals surface area contributed by atoms with E-state index in [1.807, 2.05) is 0 Å². The first-order valence-corrected chi connectivity index (χ1v) is 6.54. The van der Waals surface area contributed by atoms with E-state index in [1.165, 1.54) is 4.90 Å². The van der Waals surface area contributed by atoms with Gasteiger partial charge in [-0.05, 0) is 13.8 Å². The van der Waals surface area contributed by atoms with Crippen LogP contribution in [0.25, 0.3) is 0 Å². The Morgan fingerprint density at radius 2 is 1.89 bits per heavy atom. The van der Waals surface area contributed by atoms with Crippen LogP contribution in [-0.4, -0.2) is 57.1 Å². The van der Waals surface area contributed by atoms with Gasteiger partial charge in [0, 0.05) is 19.8 Å². The molecule has 104 valence electrons. The number of hydrogen-bond acceptors (Lipinski definition) is 3. The minimum absolute atomic E-state index is 0.0344. The molecule has 0 bridgehead atoms. The molecule has 1 saturated heterocycles. The molecule has 0 radical (unpaired) electrons. The Labute approximate surface area is 116 Å². The van der Waals surface area contributed by atoms with Crippen molar-refractivity contribution in [3.8, 4) is 0 Å². The molecule has 1 aromatic heterocycles. The molecule has 0 saturated carbocycles. The van der Waals surface area contributed by atoms with Gasteiger partial charge in [-0.15, -0.1) is 0 Å². The van der Waals surface area contributed by atoms with Crippen molar-refractivity contribution in [2.24, 2.45) is 0 Å². The van der Waals surface area contributed by atoms with Crippen molar-refractivity contribution in [2.45, 2.75) is 32.5 Å². The SMILES string of the molecule is C[C@H]1C(=O)N(CCn2cc(Cl)cn2)[C@@H](C)C(=O)N1C. The van der Waals surface area contributed by atoms with E-state index in [9.17, 15) is 9.59 Å². The summed E-state index contributed by atoms with van der Waals surface area (Å²) in [6.07, 6.45) is 3.24. The van der Waals surface area contributed by atoms with Crippen LogP contribution in [0.2, 0.25) is 5.02 Å². The molecule has 0 N–H and O–H groups in total. The van der Waals surface area contributed by atoms with E-state index in [4.69, 9.17) is 11.6 Å². The van der Waals surface area contributed by atoms with Gasteiger partial charge < -0.3 is 9.80 Å². The Kier molecular flexibility index (Phi) is 3.80. The molecular formula is C12H17ClN4O2. The first-order chi connectivity index (χ1) is 8.91. The summed E-state index contributed by atoms with van der Waals surface area (Å²) in [7, 11) is 1.66. The van der Waals surface area contributed by atoms with Gasteiger partial charge in [-0.3, -0.25) is 14.3 Å². The second-order valence-corrected chi connectivity index (χ2v) is 5.19. The molecule has 2 atom stereocenters. The summed E-state index contributed by atoms with van der Waals surface area (Å²) in [5.74, 6) is -0.0709. The van der Waals surface area contributed by atoms with E-state index in [0.29, 0.717) is 18.1 Å². The molecule has 0 spiro atoms. The van der Waals surface area contributed by atoms with Gasteiger partial charge in [0.1, 0.15) is 12.1 Å². The fourth-order valence-corrected chi connectivity index (χ4v) is 2.35. The third-order valence-corrected chi connectivity index (χ3v) is 3.76. The van der Waals surface area contributed by atoms with E-state index < -0.39 is 12.1 Å². The van der Waals surface area contributed by atoms with Crippen molar-refractivity contribution in [2.75, 3.05) is 13.6 Å². The van der Waals surface area contributed by atoms with Gasteiger partial charge in [0.25, 0.3) is 0 Å². The minimum Gasteiger partial charge on any atom is -0.332 e. The van der Waals surface area contributed by atoms with E-state index in [2.05, 4.69) is 5.10 Å². The summed E-state index contributed by atoms with van der Waals surface area (Å²) in [5.41, 5.74) is 0. The smallest absolute Gasteiger partial charge is 0.245 e. The molecule has 7 heteroatoms. The van der Waals surface area contributed by atoms with Crippen LogP contribution in [0.4, 0.5) is 0 Å². The first-order valence-electron chi connectivity index (χ1n) is 6.17. The van der Waals surface area contributed by atoms with Gasteiger partial charge >= 0.3 is 0 Å². The molecule has 1 aliphatic rings. The lowest BCUT2D eigenvalue weighted by Gasteiger charge is -2.41. The lowest BCUT2D eigenvalue weighted by atomic mass is 10.1. The highest BCUT2D eigenvalue weighted by Gasteiger charge is 2.39. The molecule has 6 nitrogen and oxygen atoms in total. The molecule has 0 aromatic carbocycles. The molecule has 0 aliphatic carbocycles. The van der Waals surface area contributed by atoms with Gasteiger partial charge in [0.05, 0.1) is 17.8 Å². The molecule has 19 heavy (non-hydrogen) atoms. The summed E-state index contributed by atoms with van der Waals surface area (Å²) in [6.45, 7) is 4.46. The summed E-state index contributed by atoms with van der Waals surface area (Å²) in [5, 5.41) is 4.61. The Hall–Kier alpha value is -1.56. The van der Waals surface area contributed by atoms with Crippen molar-refractivity contribution in [3.63, 3.8) is 0 Å². The lowest BCUT2D eigenvalue weighted by Crippen LogP contribution is -2.62. The third-order valence-electron chi connectivity index (χ3n) is 3.57. The van der Waals surface area contributed by atoms with E-state index in [0.717, 1.165) is 0 Å². The van der Waals surface area contributed by atoms with Gasteiger partial charge in [-0.25, -0.2) is 0 Å². The Bertz CT molecular complexity index is 502. The van der Waals surface area contributed by atoms with Gasteiger partial charge in [-0.1, -0.05) is 11.6 Å². The minimum atomic E-state index is -0.431. The van der Waals surface area contributed by atoms with Gasteiger partial charge in [0.2, 0.25) is 11.8 Å². The van der Waals surface area contributed by atoms with Crippen molar-refractivity contribution < 1.29 is 9.59 Å². The Morgan fingerprint density at radius 1 is 1.21 bits per heavy atom. The number of likely N-dealkylation sites (N-methyl/N-ethyl adjacent to an activating group) is 1. The third kappa shape index (κ3) is 2.58. The topological polar surface area (TPSA) is 58.4 Å². The first kappa shape index (κ1) is 13.9. The van der Waals surface area contributed by atoms with Crippen LogP contribution < -0.4 is 0 Å². The molecule has 0 unspecified atom stereocenters. The normalized spacial score (nSPS) is 24.2. The van der Waals surface area contributed by atoms with Crippen LogP contribution in [0, 0.1) is 0 Å². The quantitative estimate of drug-likeness (QED) is 0.817. The van der Waals surface area contributed by atoms with Crippen LogP contribution >= 0.6 is 11.6 Å². The summed E-state index contributed by atoms with van der Waals surface area (Å²) in [4.78, 5) is 27.3. The molecule has 2 rings (SSSR count). The fourth-order valence-electron chi connectivity index (χ4n) is 2.19. The largest absolute Gasteiger partial charge is 0.332 e. The average molecular weight is 285 g/mol. The number of piperazine rings is 1. The number of nitrogens with zero attached hydrogens (tertiary/aromatic N) is 4. The number of carbonyl (C=O) groups excluding carboxylic acids is 2. The zero-order valence-electron chi connectivity index (χ0n) is 11.2. The van der Waals surface area contributed by atoms with Crippen molar-refractivity contribution in [3.05, 3.63) is 17.4 Å². The molecular weight excluding hydrogens is 268 g/mol. The maximum absolute atomic E-state index is 12.2. The second kappa shape index (κ2) is 5.21. The second-order valence-electron chi connectivity index (χ2n) is 4.75. The zero-order chi connectivity index (χ0) is 14.2. The number of amides is 2. The predicted molar refractivity (Wildman–Crippen MR) is 70.6 cm³/mol. The van der Waals surface area contributed by atoms with Crippen molar-refractivity contribution in [1.82, 2.24) is 19.6 Å². The van der Waals surface area contributed by atoms with Crippen LogP contribution in [0.3, 0.4) is 0 Å². The van der Waals surface area contributed by atoms with Crippen LogP contribution in [0.5, 0.6) is 0 Å². The molecule has 1 aromatic rings. The highest BCUT2D eigenvalue weighted by Crippen LogP contribution is 2.16. The van der Waals surface area contributed by atoms with Crippen molar-refractivity contribution >= 4 is 23.4 Å². The Morgan fingerprint density at radius 3 is 2.47 bits per heavy atom. The van der Waals surface area contributed by atoms with Gasteiger partial charge in [0.15, 0.2) is 0 Å². The monoisotopic (exact) mass is 284 g/mol. The fraction of sp³-hybridized carbons (Fsp3) is 0.583. The molecule has 1 aliphatic heterocycles. The number of rotatable bonds is 3. The van der Waals surface area contributed by atoms with Crippen LogP contribution in [-0.2, 0) is 16.1 Å². The van der Waals surface area contributed by atoms with E-state index >= 15 is 0 Å². The number of aromatic nitrogens is 2. The summed E-state index contributed by atoms with van der Waals surface area (Å²) >= 11 is 5.78. The Balaban J connectivity index is 2.06. The summed E-state index contributed by atoms with van der Waals surface area (Å²) < 4.78 is 1.66. The maximum atomic E-state index is 12.2. The standard InChI is InChI=1S/C12H17ClN4O2/c1-8-12(19)17(9(2)11(18)15(8)3)5-4-16-7-10(13)6-14-16/h6-9H,4-5H2,1-3H3/t8-,9-/m0/s1. The van der Waals surface area contributed by atoms with Crippen LogP contribution in [0.1, 0.15) is 13.8 Å². The average Bonchev–Trinajstić information content (AvgIpc) is 2.80. The van der Waals surface area contributed by atoms with Crippen LogP contribution in [0.15, 0.2) is 12.4 Å². The van der Waals surface area contributed by atoms with E-state index in [1.54, 1.807) is 42.9 Å². The molecule has 2 amide bonds. The zero-order valence-corrected chi connectivity index (χ0v) is 12.0. The highest BCUT2D eigenvalue weighted by molar-refractivity contribution is 6.30. The van der Waals surface area contributed by atoms with Crippen molar-refractivity contribution in [1.29, 1.82) is 0 Å². The number of halogens is 1. The summed E-state index contributed by atoms with van der Waals surface area (Å²) in [6, 6.07) is -0.843.